The van der Waals surface area contributed by atoms with Crippen LogP contribution in [0.4, 0.5) is 10.5 Å². The molecule has 2 N–H and O–H groups in total. The summed E-state index contributed by atoms with van der Waals surface area (Å²) in [5, 5.41) is 21.1. The van der Waals surface area contributed by atoms with Crippen LogP contribution < -0.4 is 4.90 Å². The fourth-order valence-electron chi connectivity index (χ4n) is 5.78. The maximum absolute atomic E-state index is 12.6. The Kier molecular flexibility index (Phi) is 6.23. The molecule has 2 aliphatic rings. The van der Waals surface area contributed by atoms with Gasteiger partial charge in [0.25, 0.3) is 0 Å². The van der Waals surface area contributed by atoms with Crippen LogP contribution >= 0.6 is 0 Å². The van der Waals surface area contributed by atoms with Crippen molar-refractivity contribution in [1.82, 2.24) is 9.55 Å². The first-order valence-corrected chi connectivity index (χ1v) is 12.3. The van der Waals surface area contributed by atoms with Crippen LogP contribution in [0.2, 0.25) is 0 Å². The summed E-state index contributed by atoms with van der Waals surface area (Å²) in [6, 6.07) is 13.2. The van der Waals surface area contributed by atoms with E-state index in [0.717, 1.165) is 53.5 Å². The molecular formula is C27H31N3O5. The first-order chi connectivity index (χ1) is 16.9. The standard InChI is InChI=1S/C27H31N3O5/c1-16-11-12-20-21(29(16)27(34)35-2)13-14-22-23(20)28-25(24(31)17-7-4-3-5-8-17)30(22)19-10-6-9-18(15-19)26(32)33/h3-5,7-8,13-14,16,18-19,24,31H,6,9-12,15H2,1-2H3,(H,32,33)/t16-,18+,19+,24-/m1/s1. The van der Waals surface area contributed by atoms with Gasteiger partial charge < -0.3 is 19.5 Å². The molecule has 2 aromatic carbocycles. The number of ether oxygens (including phenoxy) is 1. The molecule has 2 heterocycles. The van der Waals surface area contributed by atoms with Crippen LogP contribution in [0.25, 0.3) is 11.0 Å². The number of anilines is 1. The monoisotopic (exact) mass is 477 g/mol. The first-order valence-electron chi connectivity index (χ1n) is 12.3. The Morgan fingerprint density at radius 3 is 2.60 bits per heavy atom. The van der Waals surface area contributed by atoms with Crippen LogP contribution in [0.3, 0.4) is 0 Å². The number of benzene rings is 2. The number of hydrogen-bond acceptors (Lipinski definition) is 5. The SMILES string of the molecule is COC(=O)N1c2ccc3c(nc([C@H](O)c4ccccc4)n3[C@H]3CCC[C@H](C(=O)O)C3)c2CC[C@H]1C. The Morgan fingerprint density at radius 2 is 1.89 bits per heavy atom. The number of carbonyl (C=O) groups excluding carboxylic acids is 1. The van der Waals surface area contributed by atoms with Gasteiger partial charge in [0, 0.05) is 17.6 Å². The molecule has 5 rings (SSSR count). The quantitative estimate of drug-likeness (QED) is 0.557. The lowest BCUT2D eigenvalue weighted by molar-refractivity contribution is -0.143. The molecule has 4 atom stereocenters. The highest BCUT2D eigenvalue weighted by Crippen LogP contribution is 2.42. The van der Waals surface area contributed by atoms with Gasteiger partial charge in [-0.05, 0) is 56.7 Å². The lowest BCUT2D eigenvalue weighted by Crippen LogP contribution is -2.42. The highest BCUT2D eigenvalue weighted by molar-refractivity contribution is 5.95. The van der Waals surface area contributed by atoms with Crippen molar-refractivity contribution in [3.05, 3.63) is 59.4 Å². The zero-order valence-corrected chi connectivity index (χ0v) is 20.1. The molecule has 8 heteroatoms. The Bertz CT molecular complexity index is 1250. The molecule has 8 nitrogen and oxygen atoms in total. The number of methoxy groups -OCH3 is 1. The molecule has 0 saturated heterocycles. The van der Waals surface area contributed by atoms with Gasteiger partial charge in [-0.2, -0.15) is 0 Å². The minimum Gasteiger partial charge on any atom is -0.481 e. The molecule has 1 aliphatic heterocycles. The third-order valence-corrected chi connectivity index (χ3v) is 7.57. The lowest BCUT2D eigenvalue weighted by Gasteiger charge is -2.34. The van der Waals surface area contributed by atoms with Gasteiger partial charge in [0.15, 0.2) is 0 Å². The van der Waals surface area contributed by atoms with Crippen molar-refractivity contribution < 1.29 is 24.5 Å². The van der Waals surface area contributed by atoms with Crippen molar-refractivity contribution in [2.75, 3.05) is 12.0 Å². The summed E-state index contributed by atoms with van der Waals surface area (Å²) in [5.41, 5.74) is 4.08. The average Bonchev–Trinajstić information content (AvgIpc) is 3.28. The predicted molar refractivity (Wildman–Crippen MR) is 132 cm³/mol. The molecule has 0 unspecified atom stereocenters. The van der Waals surface area contributed by atoms with Crippen molar-refractivity contribution in [2.45, 2.75) is 63.6 Å². The molecule has 0 spiro atoms. The van der Waals surface area contributed by atoms with Crippen LogP contribution in [0.5, 0.6) is 0 Å². The van der Waals surface area contributed by atoms with Crippen molar-refractivity contribution in [1.29, 1.82) is 0 Å². The first kappa shape index (κ1) is 23.4. The molecule has 1 saturated carbocycles. The molecule has 1 fully saturated rings. The number of hydrogen-bond donors (Lipinski definition) is 2. The van der Waals surface area contributed by atoms with E-state index in [1.54, 1.807) is 4.90 Å². The maximum Gasteiger partial charge on any atom is 0.414 e. The van der Waals surface area contributed by atoms with E-state index >= 15 is 0 Å². The maximum atomic E-state index is 12.6. The number of aromatic nitrogens is 2. The molecule has 0 bridgehead atoms. The minimum absolute atomic E-state index is 0.00136. The van der Waals surface area contributed by atoms with E-state index in [2.05, 4.69) is 4.57 Å². The number of nitrogens with zero attached hydrogens (tertiary/aromatic N) is 3. The van der Waals surface area contributed by atoms with E-state index in [-0.39, 0.29) is 12.1 Å². The van der Waals surface area contributed by atoms with Gasteiger partial charge in [0.2, 0.25) is 0 Å². The molecule has 1 amide bonds. The second kappa shape index (κ2) is 9.34. The fraction of sp³-hybridized carbons (Fsp3) is 0.444. The van der Waals surface area contributed by atoms with Gasteiger partial charge in [-0.3, -0.25) is 9.69 Å². The zero-order valence-electron chi connectivity index (χ0n) is 20.1. The molecule has 35 heavy (non-hydrogen) atoms. The topological polar surface area (TPSA) is 105 Å². The Labute approximate surface area is 204 Å². The van der Waals surface area contributed by atoms with E-state index in [0.29, 0.717) is 18.7 Å². The van der Waals surface area contributed by atoms with Crippen LogP contribution in [-0.4, -0.2) is 45.0 Å². The molecule has 184 valence electrons. The summed E-state index contributed by atoms with van der Waals surface area (Å²) < 4.78 is 7.11. The van der Waals surface area contributed by atoms with E-state index < -0.39 is 24.1 Å². The molecular weight excluding hydrogens is 446 g/mol. The number of fused-ring (bicyclic) bond motifs is 3. The highest BCUT2D eigenvalue weighted by Gasteiger charge is 2.35. The van der Waals surface area contributed by atoms with Gasteiger partial charge >= 0.3 is 12.1 Å². The average molecular weight is 478 g/mol. The fourth-order valence-corrected chi connectivity index (χ4v) is 5.78. The number of aryl methyl sites for hydroxylation is 1. The number of amides is 1. The normalized spacial score (nSPS) is 23.1. The third-order valence-electron chi connectivity index (χ3n) is 7.57. The summed E-state index contributed by atoms with van der Waals surface area (Å²) >= 11 is 0. The Hall–Kier alpha value is -3.39. The van der Waals surface area contributed by atoms with Gasteiger partial charge in [0.1, 0.15) is 11.9 Å². The summed E-state index contributed by atoms with van der Waals surface area (Å²) in [7, 11) is 1.38. The number of carboxylic acids is 1. The Balaban J connectivity index is 1.69. The summed E-state index contributed by atoms with van der Waals surface area (Å²) in [5.74, 6) is -0.676. The van der Waals surface area contributed by atoms with Crippen LogP contribution in [0.15, 0.2) is 42.5 Å². The van der Waals surface area contributed by atoms with Crippen molar-refractivity contribution in [3.63, 3.8) is 0 Å². The number of carboxylic acid groups (broad SMARTS) is 1. The second-order valence-corrected chi connectivity index (χ2v) is 9.67. The van der Waals surface area contributed by atoms with E-state index in [4.69, 9.17) is 9.72 Å². The number of imidazole rings is 1. The molecule has 1 aromatic heterocycles. The van der Waals surface area contributed by atoms with Gasteiger partial charge in [-0.1, -0.05) is 36.8 Å². The third kappa shape index (κ3) is 4.05. The minimum atomic E-state index is -0.955. The molecule has 1 aliphatic carbocycles. The molecule has 3 aromatic rings. The highest BCUT2D eigenvalue weighted by atomic mass is 16.5. The summed E-state index contributed by atoms with van der Waals surface area (Å²) in [6.45, 7) is 2.00. The zero-order chi connectivity index (χ0) is 24.7. The van der Waals surface area contributed by atoms with E-state index in [1.807, 2.05) is 49.4 Å². The summed E-state index contributed by atoms with van der Waals surface area (Å²) in [4.78, 5) is 31.0. The van der Waals surface area contributed by atoms with Crippen LogP contribution in [0.1, 0.15) is 68.1 Å². The number of rotatable bonds is 4. The smallest absolute Gasteiger partial charge is 0.414 e. The van der Waals surface area contributed by atoms with E-state index in [9.17, 15) is 19.8 Å². The largest absolute Gasteiger partial charge is 0.481 e. The molecule has 0 radical (unpaired) electrons. The van der Waals surface area contributed by atoms with Crippen molar-refractivity contribution >= 4 is 28.8 Å². The van der Waals surface area contributed by atoms with Crippen LogP contribution in [0, 0.1) is 5.92 Å². The van der Waals surface area contributed by atoms with Crippen molar-refractivity contribution in [3.8, 4) is 0 Å². The van der Waals surface area contributed by atoms with Gasteiger partial charge in [-0.25, -0.2) is 9.78 Å². The summed E-state index contributed by atoms with van der Waals surface area (Å²) in [6.07, 6.45) is 2.96. The lowest BCUT2D eigenvalue weighted by atomic mass is 9.85. The van der Waals surface area contributed by atoms with Crippen molar-refractivity contribution in [2.24, 2.45) is 5.92 Å². The number of carbonyl (C=O) groups is 2. The Morgan fingerprint density at radius 1 is 1.11 bits per heavy atom. The second-order valence-electron chi connectivity index (χ2n) is 9.67. The predicted octanol–water partition coefficient (Wildman–Crippen LogP) is 4.84. The number of aliphatic hydroxyl groups is 1. The van der Waals surface area contributed by atoms with E-state index in [1.165, 1.54) is 7.11 Å². The van der Waals surface area contributed by atoms with Gasteiger partial charge in [0.05, 0.1) is 29.7 Å². The van der Waals surface area contributed by atoms with Gasteiger partial charge in [-0.15, -0.1) is 0 Å². The van der Waals surface area contributed by atoms with Crippen LogP contribution in [-0.2, 0) is 16.0 Å². The number of aliphatic carboxylic acids is 1. The number of aliphatic hydroxyl groups excluding tert-OH is 1.